The summed E-state index contributed by atoms with van der Waals surface area (Å²) in [5, 5.41) is 2.72. The van der Waals surface area contributed by atoms with Crippen molar-refractivity contribution in [3.63, 3.8) is 0 Å². The Labute approximate surface area is 153 Å². The van der Waals surface area contributed by atoms with Crippen LogP contribution >= 0.6 is 11.8 Å². The maximum Gasteiger partial charge on any atom is 0.240 e. The molecule has 0 atom stereocenters. The summed E-state index contributed by atoms with van der Waals surface area (Å²) in [4.78, 5) is 13.1. The van der Waals surface area contributed by atoms with Gasteiger partial charge in [0.05, 0.1) is 4.90 Å². The molecule has 2 rings (SSSR count). The van der Waals surface area contributed by atoms with E-state index in [1.807, 2.05) is 37.3 Å². The van der Waals surface area contributed by atoms with Crippen LogP contribution in [0.5, 0.6) is 0 Å². The largest absolute Gasteiger partial charge is 0.355 e. The van der Waals surface area contributed by atoms with Crippen molar-refractivity contribution in [2.24, 2.45) is 0 Å². The first-order chi connectivity index (χ1) is 12.0. The molecular weight excluding hydrogens is 356 g/mol. The molecule has 0 aliphatic heterocycles. The summed E-state index contributed by atoms with van der Waals surface area (Å²) in [6.45, 7) is 2.32. The van der Waals surface area contributed by atoms with E-state index in [-0.39, 0.29) is 23.9 Å². The van der Waals surface area contributed by atoms with E-state index in [1.165, 1.54) is 0 Å². The number of carbonyl (C=O) groups excluding carboxylic acids is 1. The average molecular weight is 379 g/mol. The van der Waals surface area contributed by atoms with Gasteiger partial charge in [0.2, 0.25) is 15.9 Å². The van der Waals surface area contributed by atoms with Crippen LogP contribution in [0.25, 0.3) is 0 Å². The second-order valence-corrected chi connectivity index (χ2v) is 8.41. The number of amides is 1. The minimum atomic E-state index is -3.53. The van der Waals surface area contributed by atoms with Crippen molar-refractivity contribution in [2.75, 3.05) is 18.8 Å². The fourth-order valence-electron chi connectivity index (χ4n) is 2.05. The van der Waals surface area contributed by atoms with Crippen LogP contribution in [-0.2, 0) is 14.8 Å². The molecule has 7 heteroatoms. The fraction of sp³-hybridized carbons (Fsp3) is 0.278. The Hall–Kier alpha value is -1.83. The quantitative estimate of drug-likeness (QED) is 0.519. The van der Waals surface area contributed by atoms with E-state index in [1.54, 1.807) is 36.0 Å². The van der Waals surface area contributed by atoms with Crippen molar-refractivity contribution >= 4 is 27.7 Å². The van der Waals surface area contributed by atoms with Crippen LogP contribution in [0.1, 0.15) is 12.0 Å². The van der Waals surface area contributed by atoms with Gasteiger partial charge in [-0.2, -0.15) is 0 Å². The minimum absolute atomic E-state index is 0.0852. The van der Waals surface area contributed by atoms with E-state index in [2.05, 4.69) is 10.0 Å². The first-order valence-corrected chi connectivity index (χ1v) is 10.4. The lowest BCUT2D eigenvalue weighted by molar-refractivity contribution is -0.120. The number of sulfonamides is 1. The van der Waals surface area contributed by atoms with E-state index in [4.69, 9.17) is 0 Å². The molecule has 0 fully saturated rings. The van der Waals surface area contributed by atoms with Gasteiger partial charge in [0.1, 0.15) is 0 Å². The Morgan fingerprint density at radius 2 is 1.68 bits per heavy atom. The lowest BCUT2D eigenvalue weighted by atomic mass is 10.2. The smallest absolute Gasteiger partial charge is 0.240 e. The topological polar surface area (TPSA) is 75.3 Å². The molecular formula is C18H22N2O3S2. The van der Waals surface area contributed by atoms with E-state index in [9.17, 15) is 13.2 Å². The Bertz CT molecular complexity index is 776. The Morgan fingerprint density at radius 1 is 1.00 bits per heavy atom. The number of rotatable bonds is 9. The van der Waals surface area contributed by atoms with Crippen molar-refractivity contribution in [3.05, 3.63) is 60.2 Å². The molecule has 134 valence electrons. The summed E-state index contributed by atoms with van der Waals surface area (Å²) in [5.74, 6) is 0.600. The standard InChI is InChI=1S/C18H22N2O3S2/c1-15-7-9-17(10-8-15)25(22,23)20-13-12-19-18(21)11-14-24-16-5-3-2-4-6-16/h2-10,20H,11-14H2,1H3,(H,19,21). The molecule has 0 radical (unpaired) electrons. The number of aryl methyl sites for hydroxylation is 1. The highest BCUT2D eigenvalue weighted by atomic mass is 32.2. The molecule has 0 aliphatic rings. The van der Waals surface area contributed by atoms with Gasteiger partial charge in [0, 0.05) is 30.2 Å². The van der Waals surface area contributed by atoms with E-state index in [0.29, 0.717) is 12.2 Å². The highest BCUT2D eigenvalue weighted by molar-refractivity contribution is 7.99. The highest BCUT2D eigenvalue weighted by Gasteiger charge is 2.12. The van der Waals surface area contributed by atoms with Gasteiger partial charge in [0.25, 0.3) is 0 Å². The molecule has 0 unspecified atom stereocenters. The van der Waals surface area contributed by atoms with Crippen LogP contribution < -0.4 is 10.0 Å². The molecule has 1 amide bonds. The van der Waals surface area contributed by atoms with Crippen LogP contribution in [0, 0.1) is 6.92 Å². The average Bonchev–Trinajstić information content (AvgIpc) is 2.60. The number of carbonyl (C=O) groups is 1. The summed E-state index contributed by atoms with van der Waals surface area (Å²) in [5.41, 5.74) is 1.000. The lowest BCUT2D eigenvalue weighted by Crippen LogP contribution is -2.34. The van der Waals surface area contributed by atoms with E-state index in [0.717, 1.165) is 10.5 Å². The van der Waals surface area contributed by atoms with Crippen LogP contribution in [0.4, 0.5) is 0 Å². The summed E-state index contributed by atoms with van der Waals surface area (Å²) in [6.07, 6.45) is 0.393. The molecule has 5 nitrogen and oxygen atoms in total. The predicted octanol–water partition coefficient (Wildman–Crippen LogP) is 2.57. The lowest BCUT2D eigenvalue weighted by Gasteiger charge is -2.08. The molecule has 0 saturated carbocycles. The van der Waals surface area contributed by atoms with Gasteiger partial charge in [-0.05, 0) is 31.2 Å². The third-order valence-corrected chi connectivity index (χ3v) is 5.90. The Balaban J connectivity index is 1.65. The number of hydrogen-bond acceptors (Lipinski definition) is 4. The number of hydrogen-bond donors (Lipinski definition) is 2. The SMILES string of the molecule is Cc1ccc(S(=O)(=O)NCCNC(=O)CCSc2ccccc2)cc1. The monoisotopic (exact) mass is 378 g/mol. The molecule has 0 heterocycles. The van der Waals surface area contributed by atoms with Crippen molar-refractivity contribution in [1.29, 1.82) is 0 Å². The van der Waals surface area contributed by atoms with Crippen molar-refractivity contribution in [3.8, 4) is 0 Å². The second kappa shape index (κ2) is 9.60. The third-order valence-electron chi connectivity index (χ3n) is 3.41. The molecule has 25 heavy (non-hydrogen) atoms. The predicted molar refractivity (Wildman–Crippen MR) is 101 cm³/mol. The van der Waals surface area contributed by atoms with Crippen molar-refractivity contribution in [1.82, 2.24) is 10.0 Å². The van der Waals surface area contributed by atoms with Crippen LogP contribution in [0.3, 0.4) is 0 Å². The fourth-order valence-corrected chi connectivity index (χ4v) is 3.96. The normalized spacial score (nSPS) is 11.2. The first-order valence-electron chi connectivity index (χ1n) is 7.98. The van der Waals surface area contributed by atoms with Gasteiger partial charge in [0.15, 0.2) is 0 Å². The van der Waals surface area contributed by atoms with Crippen molar-refractivity contribution in [2.45, 2.75) is 23.1 Å². The third kappa shape index (κ3) is 6.89. The second-order valence-electron chi connectivity index (χ2n) is 5.47. The van der Waals surface area contributed by atoms with Crippen LogP contribution in [0.15, 0.2) is 64.4 Å². The van der Waals surface area contributed by atoms with Gasteiger partial charge in [-0.1, -0.05) is 35.9 Å². The van der Waals surface area contributed by atoms with Gasteiger partial charge in [-0.25, -0.2) is 13.1 Å². The van der Waals surface area contributed by atoms with Gasteiger partial charge < -0.3 is 5.32 Å². The van der Waals surface area contributed by atoms with Crippen LogP contribution in [-0.4, -0.2) is 33.2 Å². The molecule has 2 aromatic carbocycles. The zero-order chi connectivity index (χ0) is 18.1. The zero-order valence-corrected chi connectivity index (χ0v) is 15.7. The van der Waals surface area contributed by atoms with Crippen molar-refractivity contribution < 1.29 is 13.2 Å². The Kier molecular flexibility index (Phi) is 7.49. The van der Waals surface area contributed by atoms with Gasteiger partial charge in [-0.3, -0.25) is 4.79 Å². The van der Waals surface area contributed by atoms with E-state index >= 15 is 0 Å². The maximum atomic E-state index is 12.1. The molecule has 0 aromatic heterocycles. The summed E-state index contributed by atoms with van der Waals surface area (Å²) in [7, 11) is -3.53. The molecule has 2 aromatic rings. The molecule has 0 bridgehead atoms. The first kappa shape index (κ1) is 19.5. The number of nitrogens with one attached hydrogen (secondary N) is 2. The molecule has 0 aliphatic carbocycles. The van der Waals surface area contributed by atoms with Crippen LogP contribution in [0.2, 0.25) is 0 Å². The summed E-state index contributed by atoms with van der Waals surface area (Å²) in [6, 6.07) is 16.5. The molecule has 2 N–H and O–H groups in total. The zero-order valence-electron chi connectivity index (χ0n) is 14.1. The van der Waals surface area contributed by atoms with E-state index < -0.39 is 10.0 Å². The number of benzene rings is 2. The molecule has 0 spiro atoms. The number of thioether (sulfide) groups is 1. The highest BCUT2D eigenvalue weighted by Crippen LogP contribution is 2.17. The molecule has 0 saturated heterocycles. The summed E-state index contributed by atoms with van der Waals surface area (Å²) >= 11 is 1.62. The minimum Gasteiger partial charge on any atom is -0.355 e. The summed E-state index contributed by atoms with van der Waals surface area (Å²) < 4.78 is 26.7. The maximum absolute atomic E-state index is 12.1. The Morgan fingerprint density at radius 3 is 2.36 bits per heavy atom. The van der Waals surface area contributed by atoms with Gasteiger partial charge >= 0.3 is 0 Å². The van der Waals surface area contributed by atoms with Gasteiger partial charge in [-0.15, -0.1) is 11.8 Å².